The Hall–Kier alpha value is -3.55. The first-order valence-electron chi connectivity index (χ1n) is 14.8. The molecule has 3 N–H and O–H groups in total. The second-order valence-corrected chi connectivity index (χ2v) is 11.7. The van der Waals surface area contributed by atoms with Crippen LogP contribution in [0.15, 0.2) is 33.7 Å². The number of nitrogens with two attached hydrogens (primary N) is 1. The minimum absolute atomic E-state index is 0.0664. The SMILES string of the molecule is CCC(=O)N=C(C(C)C)C(C)CCC/C(COC[C@@H](C)C(=O)C(C)C(=O)OCO)=N\OCc1csc(-c2cccc(N)n2)n1. The zero-order valence-electron chi connectivity index (χ0n) is 26.4. The number of Topliss-reactive ketones (excluding diaryl/α,β-unsaturated/α-hetero) is 1. The van der Waals surface area contributed by atoms with Crippen LogP contribution in [-0.2, 0) is 35.3 Å². The molecule has 0 saturated heterocycles. The lowest BCUT2D eigenvalue weighted by molar-refractivity contribution is -0.159. The molecule has 0 bridgehead atoms. The number of nitrogens with zero attached hydrogens (tertiary/aromatic N) is 4. The van der Waals surface area contributed by atoms with Crippen LogP contribution in [0.1, 0.15) is 72.9 Å². The number of aliphatic imine (C=N–C) groups is 1. The third kappa shape index (κ3) is 12.2. The van der Waals surface area contributed by atoms with Crippen molar-refractivity contribution in [1.82, 2.24) is 9.97 Å². The minimum atomic E-state index is -1.01. The number of thiazole rings is 1. The van der Waals surface area contributed by atoms with E-state index in [1.54, 1.807) is 19.9 Å². The molecule has 2 rings (SSSR count). The molecule has 3 atom stereocenters. The van der Waals surface area contributed by atoms with Crippen molar-refractivity contribution in [1.29, 1.82) is 0 Å². The van der Waals surface area contributed by atoms with Gasteiger partial charge < -0.3 is 25.2 Å². The van der Waals surface area contributed by atoms with Crippen LogP contribution in [0.2, 0.25) is 0 Å². The van der Waals surface area contributed by atoms with E-state index in [2.05, 4.69) is 31.8 Å². The largest absolute Gasteiger partial charge is 0.438 e. The molecule has 13 heteroatoms. The Balaban J connectivity index is 2.04. The van der Waals surface area contributed by atoms with Gasteiger partial charge in [-0.2, -0.15) is 0 Å². The van der Waals surface area contributed by atoms with Crippen LogP contribution < -0.4 is 5.73 Å². The summed E-state index contributed by atoms with van der Waals surface area (Å²) in [5.74, 6) is -2.15. The quantitative estimate of drug-likeness (QED) is 0.0716. The summed E-state index contributed by atoms with van der Waals surface area (Å²) in [6.07, 6.45) is 2.47. The van der Waals surface area contributed by atoms with E-state index < -0.39 is 24.6 Å². The summed E-state index contributed by atoms with van der Waals surface area (Å²) in [6, 6.07) is 5.37. The van der Waals surface area contributed by atoms with E-state index >= 15 is 0 Å². The topological polar surface area (TPSA) is 176 Å². The van der Waals surface area contributed by atoms with Gasteiger partial charge in [0.1, 0.15) is 22.4 Å². The number of ether oxygens (including phenoxy) is 2. The molecule has 0 spiro atoms. The number of ketones is 1. The second-order valence-electron chi connectivity index (χ2n) is 10.9. The molecule has 2 aromatic rings. The number of aromatic nitrogens is 2. The molecule has 2 aromatic heterocycles. The molecule has 44 heavy (non-hydrogen) atoms. The lowest BCUT2D eigenvalue weighted by Crippen LogP contribution is -2.30. The van der Waals surface area contributed by atoms with Crippen molar-refractivity contribution in [2.24, 2.45) is 33.8 Å². The molecule has 0 aliphatic rings. The molecule has 0 fully saturated rings. The van der Waals surface area contributed by atoms with Crippen LogP contribution in [-0.4, -0.2) is 64.2 Å². The maximum atomic E-state index is 12.6. The zero-order valence-corrected chi connectivity index (χ0v) is 27.3. The van der Waals surface area contributed by atoms with Crippen LogP contribution in [0.3, 0.4) is 0 Å². The number of oxime groups is 1. The number of rotatable bonds is 19. The van der Waals surface area contributed by atoms with Gasteiger partial charge in [0.05, 0.1) is 24.6 Å². The Morgan fingerprint density at radius 3 is 2.50 bits per heavy atom. The van der Waals surface area contributed by atoms with Gasteiger partial charge in [-0.25, -0.2) is 15.0 Å². The van der Waals surface area contributed by atoms with Crippen molar-refractivity contribution in [3.8, 4) is 10.7 Å². The molecule has 0 saturated carbocycles. The number of anilines is 1. The molecule has 0 radical (unpaired) electrons. The van der Waals surface area contributed by atoms with Crippen LogP contribution in [0.5, 0.6) is 0 Å². The van der Waals surface area contributed by atoms with Crippen LogP contribution in [0.25, 0.3) is 10.7 Å². The van der Waals surface area contributed by atoms with Crippen LogP contribution >= 0.6 is 11.3 Å². The van der Waals surface area contributed by atoms with Crippen molar-refractivity contribution in [2.75, 3.05) is 25.7 Å². The molecule has 0 aliphatic heterocycles. The summed E-state index contributed by atoms with van der Waals surface area (Å²) < 4.78 is 10.4. The van der Waals surface area contributed by atoms with Gasteiger partial charge in [-0.1, -0.05) is 45.8 Å². The highest BCUT2D eigenvalue weighted by molar-refractivity contribution is 7.13. The molecule has 242 valence electrons. The Labute approximate surface area is 263 Å². The van der Waals surface area contributed by atoms with E-state index in [1.165, 1.54) is 18.3 Å². The fourth-order valence-electron chi connectivity index (χ4n) is 4.35. The molecule has 12 nitrogen and oxygen atoms in total. The van der Waals surface area contributed by atoms with Crippen molar-refractivity contribution < 1.29 is 33.8 Å². The highest BCUT2D eigenvalue weighted by Gasteiger charge is 2.27. The highest BCUT2D eigenvalue weighted by Crippen LogP contribution is 2.23. The molecule has 0 aromatic carbocycles. The maximum absolute atomic E-state index is 12.6. The lowest BCUT2D eigenvalue weighted by atomic mass is 9.91. The summed E-state index contributed by atoms with van der Waals surface area (Å²) in [7, 11) is 0. The van der Waals surface area contributed by atoms with E-state index in [4.69, 9.17) is 20.4 Å². The van der Waals surface area contributed by atoms with Crippen molar-refractivity contribution in [2.45, 2.75) is 73.8 Å². The van der Waals surface area contributed by atoms with Gasteiger partial charge in [0.25, 0.3) is 0 Å². The van der Waals surface area contributed by atoms with Gasteiger partial charge in [-0.15, -0.1) is 11.3 Å². The molecule has 2 heterocycles. The van der Waals surface area contributed by atoms with E-state index in [0.717, 1.165) is 23.6 Å². The molecule has 1 amide bonds. The zero-order chi connectivity index (χ0) is 32.6. The van der Waals surface area contributed by atoms with Gasteiger partial charge in [-0.3, -0.25) is 14.4 Å². The third-order valence-corrected chi connectivity index (χ3v) is 7.73. The number of hydrogen-bond donors (Lipinski definition) is 2. The van der Waals surface area contributed by atoms with Crippen molar-refractivity contribution >= 4 is 46.2 Å². The normalized spacial score (nSPS) is 14.3. The predicted octanol–water partition coefficient (Wildman–Crippen LogP) is 4.85. The van der Waals surface area contributed by atoms with E-state index in [9.17, 15) is 14.4 Å². The number of nitrogen functional groups attached to an aromatic ring is 1. The lowest BCUT2D eigenvalue weighted by Gasteiger charge is -2.18. The van der Waals surface area contributed by atoms with E-state index in [-0.39, 0.29) is 43.3 Å². The molecular formula is C31H45N5O7S. The van der Waals surface area contributed by atoms with E-state index in [1.807, 2.05) is 31.4 Å². The molecular weight excluding hydrogens is 586 g/mol. The third-order valence-electron chi connectivity index (χ3n) is 6.81. The smallest absolute Gasteiger partial charge is 0.318 e. The van der Waals surface area contributed by atoms with Gasteiger partial charge in [0, 0.05) is 23.4 Å². The fourth-order valence-corrected chi connectivity index (χ4v) is 5.13. The minimum Gasteiger partial charge on any atom is -0.438 e. The number of pyridine rings is 1. The maximum Gasteiger partial charge on any atom is 0.318 e. The number of esters is 1. The number of hydrogen-bond acceptors (Lipinski definition) is 12. The Kier molecular flexibility index (Phi) is 15.8. The summed E-state index contributed by atoms with van der Waals surface area (Å²) in [5, 5.41) is 15.7. The number of aliphatic hydroxyl groups excluding tert-OH is 1. The van der Waals surface area contributed by atoms with Gasteiger partial charge >= 0.3 is 5.97 Å². The summed E-state index contributed by atoms with van der Waals surface area (Å²) in [6.45, 7) is 10.6. The number of aliphatic hydroxyl groups is 1. The van der Waals surface area contributed by atoms with Gasteiger partial charge in [0.2, 0.25) is 5.91 Å². The standard InChI is InChI=1S/C31H45N5O7S/c1-7-27(38)35-28(19(2)3)20(4)10-8-11-23(15-41-14-21(5)29(39)22(6)31(40)42-18-37)36-43-16-24-17-44-30(33-24)25-12-9-13-26(32)34-25/h9,12-13,17,19-22,37H,7-8,10-11,14-16,18H2,1-6H3,(H2,32,34)/b35-28?,36-23+/t20?,21-,22?/m1/s1. The monoisotopic (exact) mass is 631 g/mol. The first-order valence-corrected chi connectivity index (χ1v) is 15.7. The van der Waals surface area contributed by atoms with E-state index in [0.29, 0.717) is 35.8 Å². The summed E-state index contributed by atoms with van der Waals surface area (Å²) in [5.41, 5.74) is 8.69. The fraction of sp³-hybridized carbons (Fsp3) is 0.581. The number of carbonyl (C=O) groups excluding carboxylic acids is 3. The Bertz CT molecular complexity index is 1290. The molecule has 0 aliphatic carbocycles. The number of carbonyl (C=O) groups is 3. The average molecular weight is 632 g/mol. The highest BCUT2D eigenvalue weighted by atomic mass is 32.1. The first kappa shape index (κ1) is 36.6. The summed E-state index contributed by atoms with van der Waals surface area (Å²) in [4.78, 5) is 55.2. The van der Waals surface area contributed by atoms with Crippen LogP contribution in [0, 0.1) is 23.7 Å². The Morgan fingerprint density at radius 2 is 1.84 bits per heavy atom. The van der Waals surface area contributed by atoms with Crippen LogP contribution in [0.4, 0.5) is 5.82 Å². The first-order chi connectivity index (χ1) is 21.0. The summed E-state index contributed by atoms with van der Waals surface area (Å²) >= 11 is 1.43. The second kappa shape index (κ2) is 19.0. The molecule has 2 unspecified atom stereocenters. The van der Waals surface area contributed by atoms with Crippen molar-refractivity contribution in [3.05, 3.63) is 29.3 Å². The van der Waals surface area contributed by atoms with Gasteiger partial charge in [0.15, 0.2) is 19.2 Å². The van der Waals surface area contributed by atoms with Crippen molar-refractivity contribution in [3.63, 3.8) is 0 Å². The van der Waals surface area contributed by atoms with Gasteiger partial charge in [-0.05, 0) is 50.2 Å². The predicted molar refractivity (Wildman–Crippen MR) is 170 cm³/mol. The number of amides is 1. The average Bonchev–Trinajstić information content (AvgIpc) is 3.47. The Morgan fingerprint density at radius 1 is 1.09 bits per heavy atom.